The van der Waals surface area contributed by atoms with E-state index in [4.69, 9.17) is 9.47 Å². The Morgan fingerprint density at radius 3 is 2.70 bits per heavy atom. The molecule has 1 N–H and O–H groups in total. The van der Waals surface area contributed by atoms with Gasteiger partial charge >= 0.3 is 0 Å². The van der Waals surface area contributed by atoms with Crippen LogP contribution in [0.4, 0.5) is 0 Å². The monoisotopic (exact) mass is 365 g/mol. The van der Waals surface area contributed by atoms with Gasteiger partial charge in [-0.1, -0.05) is 24.3 Å². The standard InChI is InChI=1S/C21H23N3O3/c1-3-27-20-13-18(8-9-19(20)26-2)21(25)22-14-16-6-4-7-17(12-16)15-24-11-5-10-23-24/h4-13H,3,14-15H2,1-2H3,(H,22,25). The van der Waals surface area contributed by atoms with E-state index < -0.39 is 0 Å². The fourth-order valence-corrected chi connectivity index (χ4v) is 2.79. The van der Waals surface area contributed by atoms with E-state index in [-0.39, 0.29) is 5.91 Å². The van der Waals surface area contributed by atoms with Crippen molar-refractivity contribution in [3.8, 4) is 11.5 Å². The Balaban J connectivity index is 1.64. The molecule has 0 saturated heterocycles. The van der Waals surface area contributed by atoms with Crippen LogP contribution >= 0.6 is 0 Å². The minimum absolute atomic E-state index is 0.156. The van der Waals surface area contributed by atoms with Gasteiger partial charge in [0.25, 0.3) is 5.91 Å². The van der Waals surface area contributed by atoms with Crippen LogP contribution in [0.15, 0.2) is 60.9 Å². The number of hydrogen-bond donors (Lipinski definition) is 1. The van der Waals surface area contributed by atoms with Crippen molar-refractivity contribution in [3.05, 3.63) is 77.6 Å². The quantitative estimate of drug-likeness (QED) is 0.665. The Morgan fingerprint density at radius 1 is 1.11 bits per heavy atom. The van der Waals surface area contributed by atoms with Crippen LogP contribution < -0.4 is 14.8 Å². The van der Waals surface area contributed by atoms with E-state index in [0.717, 1.165) is 11.1 Å². The summed E-state index contributed by atoms with van der Waals surface area (Å²) >= 11 is 0. The van der Waals surface area contributed by atoms with E-state index in [1.807, 2.05) is 42.1 Å². The number of hydrogen-bond acceptors (Lipinski definition) is 4. The maximum Gasteiger partial charge on any atom is 0.251 e. The second kappa shape index (κ2) is 8.89. The summed E-state index contributed by atoms with van der Waals surface area (Å²) in [7, 11) is 1.58. The summed E-state index contributed by atoms with van der Waals surface area (Å²) in [5.41, 5.74) is 2.70. The molecule has 0 aliphatic rings. The summed E-state index contributed by atoms with van der Waals surface area (Å²) in [5.74, 6) is 1.02. The average molecular weight is 365 g/mol. The summed E-state index contributed by atoms with van der Waals surface area (Å²) < 4.78 is 12.7. The van der Waals surface area contributed by atoms with Gasteiger partial charge in [0.2, 0.25) is 0 Å². The van der Waals surface area contributed by atoms with E-state index in [2.05, 4.69) is 16.5 Å². The highest BCUT2D eigenvalue weighted by molar-refractivity contribution is 5.94. The highest BCUT2D eigenvalue weighted by atomic mass is 16.5. The molecule has 2 aromatic carbocycles. The number of carbonyl (C=O) groups is 1. The number of aromatic nitrogens is 2. The molecule has 1 aromatic heterocycles. The Bertz CT molecular complexity index is 891. The Morgan fingerprint density at radius 2 is 1.96 bits per heavy atom. The first-order valence-corrected chi connectivity index (χ1v) is 8.84. The molecule has 0 spiro atoms. The fourth-order valence-electron chi connectivity index (χ4n) is 2.79. The molecule has 27 heavy (non-hydrogen) atoms. The zero-order valence-corrected chi connectivity index (χ0v) is 15.5. The third-order valence-corrected chi connectivity index (χ3v) is 4.07. The SMILES string of the molecule is CCOc1cc(C(=O)NCc2cccc(Cn3cccn3)c2)ccc1OC. The first kappa shape index (κ1) is 18.5. The maximum absolute atomic E-state index is 12.5. The van der Waals surface area contributed by atoms with Crippen LogP contribution in [0.25, 0.3) is 0 Å². The van der Waals surface area contributed by atoms with Gasteiger partial charge in [-0.2, -0.15) is 5.10 Å². The lowest BCUT2D eigenvalue weighted by Crippen LogP contribution is -2.23. The van der Waals surface area contributed by atoms with Gasteiger partial charge in [0.15, 0.2) is 11.5 Å². The molecule has 0 saturated carbocycles. The van der Waals surface area contributed by atoms with Crippen molar-refractivity contribution >= 4 is 5.91 Å². The van der Waals surface area contributed by atoms with Crippen molar-refractivity contribution in [2.75, 3.05) is 13.7 Å². The highest BCUT2D eigenvalue weighted by Gasteiger charge is 2.11. The first-order chi connectivity index (χ1) is 13.2. The molecular formula is C21H23N3O3. The van der Waals surface area contributed by atoms with Crippen molar-refractivity contribution in [2.45, 2.75) is 20.0 Å². The van der Waals surface area contributed by atoms with E-state index >= 15 is 0 Å². The van der Waals surface area contributed by atoms with Gasteiger partial charge < -0.3 is 14.8 Å². The summed E-state index contributed by atoms with van der Waals surface area (Å²) in [6.07, 6.45) is 3.68. The van der Waals surface area contributed by atoms with E-state index in [9.17, 15) is 4.79 Å². The first-order valence-electron chi connectivity index (χ1n) is 8.84. The lowest BCUT2D eigenvalue weighted by atomic mass is 10.1. The number of carbonyl (C=O) groups excluding carboxylic acids is 1. The van der Waals surface area contributed by atoms with Crippen molar-refractivity contribution < 1.29 is 14.3 Å². The molecule has 6 nitrogen and oxygen atoms in total. The second-order valence-electron chi connectivity index (χ2n) is 6.00. The summed E-state index contributed by atoms with van der Waals surface area (Å²) in [4.78, 5) is 12.5. The van der Waals surface area contributed by atoms with Crippen LogP contribution in [0.2, 0.25) is 0 Å². The smallest absolute Gasteiger partial charge is 0.251 e. The van der Waals surface area contributed by atoms with Crippen LogP contribution in [0.3, 0.4) is 0 Å². The molecule has 6 heteroatoms. The minimum Gasteiger partial charge on any atom is -0.493 e. The van der Waals surface area contributed by atoms with Crippen LogP contribution in [0.5, 0.6) is 11.5 Å². The predicted molar refractivity (Wildman–Crippen MR) is 103 cm³/mol. The van der Waals surface area contributed by atoms with Gasteiger partial charge in [-0.15, -0.1) is 0 Å². The van der Waals surface area contributed by atoms with Gasteiger partial charge in [0, 0.05) is 24.5 Å². The van der Waals surface area contributed by atoms with Crippen LogP contribution in [-0.4, -0.2) is 29.4 Å². The molecule has 3 aromatic rings. The number of nitrogens with zero attached hydrogens (tertiary/aromatic N) is 2. The molecule has 1 heterocycles. The number of benzene rings is 2. The average Bonchev–Trinajstić information content (AvgIpc) is 3.19. The summed E-state index contributed by atoms with van der Waals surface area (Å²) in [5, 5.41) is 7.17. The second-order valence-corrected chi connectivity index (χ2v) is 6.00. The molecule has 0 unspecified atom stereocenters. The normalized spacial score (nSPS) is 10.4. The number of nitrogens with one attached hydrogen (secondary N) is 1. The summed E-state index contributed by atoms with van der Waals surface area (Å²) in [6, 6.07) is 15.2. The van der Waals surface area contributed by atoms with Crippen molar-refractivity contribution in [1.82, 2.24) is 15.1 Å². The lowest BCUT2D eigenvalue weighted by Gasteiger charge is -2.12. The molecular weight excluding hydrogens is 342 g/mol. The van der Waals surface area contributed by atoms with E-state index in [0.29, 0.717) is 36.8 Å². The van der Waals surface area contributed by atoms with Crippen molar-refractivity contribution in [1.29, 1.82) is 0 Å². The topological polar surface area (TPSA) is 65.4 Å². The van der Waals surface area contributed by atoms with Gasteiger partial charge in [-0.3, -0.25) is 9.48 Å². The molecule has 1 amide bonds. The van der Waals surface area contributed by atoms with Gasteiger partial charge in [0.05, 0.1) is 20.3 Å². The molecule has 0 bridgehead atoms. The van der Waals surface area contributed by atoms with Crippen molar-refractivity contribution in [2.24, 2.45) is 0 Å². The maximum atomic E-state index is 12.5. The third-order valence-electron chi connectivity index (χ3n) is 4.07. The molecule has 0 radical (unpaired) electrons. The predicted octanol–water partition coefficient (Wildman–Crippen LogP) is 3.27. The Kier molecular flexibility index (Phi) is 6.10. The Labute approximate surface area is 158 Å². The van der Waals surface area contributed by atoms with Crippen molar-refractivity contribution in [3.63, 3.8) is 0 Å². The van der Waals surface area contributed by atoms with Crippen LogP contribution in [0, 0.1) is 0 Å². The fraction of sp³-hybridized carbons (Fsp3) is 0.238. The molecule has 0 aliphatic carbocycles. The van der Waals surface area contributed by atoms with E-state index in [1.165, 1.54) is 0 Å². The summed E-state index contributed by atoms with van der Waals surface area (Å²) in [6.45, 7) is 3.54. The van der Waals surface area contributed by atoms with Gasteiger partial charge in [-0.25, -0.2) is 0 Å². The molecule has 0 atom stereocenters. The molecule has 0 fully saturated rings. The largest absolute Gasteiger partial charge is 0.493 e. The van der Waals surface area contributed by atoms with Gasteiger partial charge in [-0.05, 0) is 42.3 Å². The number of methoxy groups -OCH3 is 1. The molecule has 0 aliphatic heterocycles. The zero-order valence-electron chi connectivity index (χ0n) is 15.5. The van der Waals surface area contributed by atoms with E-state index in [1.54, 1.807) is 31.5 Å². The Hall–Kier alpha value is -3.28. The molecule has 140 valence electrons. The van der Waals surface area contributed by atoms with Crippen LogP contribution in [0.1, 0.15) is 28.4 Å². The van der Waals surface area contributed by atoms with Crippen LogP contribution in [-0.2, 0) is 13.1 Å². The number of ether oxygens (including phenoxy) is 2. The number of amides is 1. The zero-order chi connectivity index (χ0) is 19.1. The minimum atomic E-state index is -0.156. The lowest BCUT2D eigenvalue weighted by molar-refractivity contribution is 0.0950. The van der Waals surface area contributed by atoms with Gasteiger partial charge in [0.1, 0.15) is 0 Å². The third kappa shape index (κ3) is 4.88. The molecule has 3 rings (SSSR count). The highest BCUT2D eigenvalue weighted by Crippen LogP contribution is 2.28. The number of rotatable bonds is 8.